The van der Waals surface area contributed by atoms with Crippen molar-refractivity contribution in [1.82, 2.24) is 10.6 Å². The molecule has 1 aromatic rings. The minimum atomic E-state index is -3.30. The summed E-state index contributed by atoms with van der Waals surface area (Å²) >= 11 is 0. The maximum absolute atomic E-state index is 11.5. The van der Waals surface area contributed by atoms with Gasteiger partial charge in [0.15, 0.2) is 5.96 Å². The zero-order valence-electron chi connectivity index (χ0n) is 15.5. The first-order valence-electron chi connectivity index (χ1n) is 8.39. The summed E-state index contributed by atoms with van der Waals surface area (Å²) < 4.78 is 25.4. The Labute approximate surface area is 169 Å². The second-order valence-corrected chi connectivity index (χ2v) is 7.94. The largest absolute Gasteiger partial charge is 0.357 e. The lowest BCUT2D eigenvalue weighted by atomic mass is 10.1. The predicted octanol–water partition coefficient (Wildman–Crippen LogP) is 3.17. The van der Waals surface area contributed by atoms with Crippen molar-refractivity contribution in [1.29, 1.82) is 0 Å². The lowest BCUT2D eigenvalue weighted by Crippen LogP contribution is -2.37. The Morgan fingerprint density at radius 3 is 2.48 bits per heavy atom. The van der Waals surface area contributed by atoms with Crippen LogP contribution in [0.3, 0.4) is 0 Å². The van der Waals surface area contributed by atoms with Crippen LogP contribution in [0, 0.1) is 5.92 Å². The van der Waals surface area contributed by atoms with Crippen LogP contribution in [0.2, 0.25) is 0 Å². The Hall–Kier alpha value is -1.03. The molecule has 0 fully saturated rings. The van der Waals surface area contributed by atoms with Gasteiger partial charge in [-0.25, -0.2) is 13.4 Å². The van der Waals surface area contributed by atoms with E-state index in [1.807, 2.05) is 19.1 Å². The molecule has 0 spiro atoms. The number of aliphatic imine (C=N–C) groups is 1. The van der Waals surface area contributed by atoms with Crippen LogP contribution in [0.15, 0.2) is 29.3 Å². The van der Waals surface area contributed by atoms with Crippen LogP contribution >= 0.6 is 24.0 Å². The van der Waals surface area contributed by atoms with Gasteiger partial charge in [0.2, 0.25) is 10.0 Å². The number of halogens is 1. The van der Waals surface area contributed by atoms with Crippen molar-refractivity contribution in [3.8, 4) is 0 Å². The van der Waals surface area contributed by atoms with Gasteiger partial charge in [0.1, 0.15) is 0 Å². The van der Waals surface area contributed by atoms with E-state index < -0.39 is 10.0 Å². The molecule has 1 aromatic carbocycles. The van der Waals surface area contributed by atoms with E-state index in [9.17, 15) is 8.42 Å². The summed E-state index contributed by atoms with van der Waals surface area (Å²) in [4.78, 5) is 4.55. The van der Waals surface area contributed by atoms with E-state index in [1.54, 1.807) is 12.1 Å². The van der Waals surface area contributed by atoms with Gasteiger partial charge in [-0.1, -0.05) is 32.0 Å². The summed E-state index contributed by atoms with van der Waals surface area (Å²) in [6.07, 6.45) is 3.41. The molecule has 0 aromatic heterocycles. The molecule has 0 aliphatic carbocycles. The fourth-order valence-corrected chi connectivity index (χ4v) is 2.78. The van der Waals surface area contributed by atoms with E-state index in [1.165, 1.54) is 6.42 Å². The highest BCUT2D eigenvalue weighted by molar-refractivity contribution is 14.0. The van der Waals surface area contributed by atoms with Gasteiger partial charge < -0.3 is 10.6 Å². The average Bonchev–Trinajstić information content (AvgIpc) is 2.48. The van der Waals surface area contributed by atoms with Crippen LogP contribution in [-0.2, 0) is 16.6 Å². The Morgan fingerprint density at radius 1 is 1.20 bits per heavy atom. The highest BCUT2D eigenvalue weighted by Gasteiger charge is 2.07. The van der Waals surface area contributed by atoms with Crippen LogP contribution in [0.25, 0.3) is 0 Å². The first-order valence-corrected chi connectivity index (χ1v) is 10.3. The van der Waals surface area contributed by atoms with Crippen molar-refractivity contribution in [2.24, 2.45) is 10.9 Å². The van der Waals surface area contributed by atoms with E-state index in [0.29, 0.717) is 18.2 Å². The Kier molecular flexibility index (Phi) is 11.8. The SMILES string of the molecule is CCNC(=NCc1ccccc1NS(C)(=O)=O)NCCCC(C)C.I. The third-order valence-corrected chi connectivity index (χ3v) is 3.91. The number of guanidine groups is 1. The maximum Gasteiger partial charge on any atom is 0.229 e. The van der Waals surface area contributed by atoms with Gasteiger partial charge in [-0.15, -0.1) is 24.0 Å². The molecular formula is C17H31IN4O2S. The number of para-hydroxylation sites is 1. The molecule has 0 amide bonds. The van der Waals surface area contributed by atoms with E-state index in [2.05, 4.69) is 34.2 Å². The number of sulfonamides is 1. The molecular weight excluding hydrogens is 451 g/mol. The molecule has 6 nitrogen and oxygen atoms in total. The molecule has 0 atom stereocenters. The highest BCUT2D eigenvalue weighted by Crippen LogP contribution is 2.17. The van der Waals surface area contributed by atoms with E-state index in [-0.39, 0.29) is 24.0 Å². The number of hydrogen-bond donors (Lipinski definition) is 3. The highest BCUT2D eigenvalue weighted by atomic mass is 127. The summed E-state index contributed by atoms with van der Waals surface area (Å²) in [5.74, 6) is 1.44. The summed E-state index contributed by atoms with van der Waals surface area (Å²) in [6.45, 7) is 8.49. The molecule has 3 N–H and O–H groups in total. The lowest BCUT2D eigenvalue weighted by Gasteiger charge is -2.13. The van der Waals surface area contributed by atoms with Gasteiger partial charge in [-0.05, 0) is 37.3 Å². The molecule has 144 valence electrons. The van der Waals surface area contributed by atoms with Gasteiger partial charge >= 0.3 is 0 Å². The number of nitrogens with one attached hydrogen (secondary N) is 3. The molecule has 0 heterocycles. The molecule has 0 unspecified atom stereocenters. The number of nitrogens with zero attached hydrogens (tertiary/aromatic N) is 1. The van der Waals surface area contributed by atoms with Crippen molar-refractivity contribution >= 4 is 45.6 Å². The van der Waals surface area contributed by atoms with Gasteiger partial charge in [0.05, 0.1) is 18.5 Å². The van der Waals surface area contributed by atoms with Gasteiger partial charge in [0, 0.05) is 13.1 Å². The molecule has 0 aliphatic rings. The van der Waals surface area contributed by atoms with E-state index in [4.69, 9.17) is 0 Å². The maximum atomic E-state index is 11.5. The summed E-state index contributed by atoms with van der Waals surface area (Å²) in [6, 6.07) is 7.30. The fourth-order valence-electron chi connectivity index (χ4n) is 2.18. The number of hydrogen-bond acceptors (Lipinski definition) is 3. The first kappa shape index (κ1) is 24.0. The predicted molar refractivity (Wildman–Crippen MR) is 117 cm³/mol. The molecule has 0 saturated heterocycles. The molecule has 25 heavy (non-hydrogen) atoms. The number of rotatable bonds is 9. The summed E-state index contributed by atoms with van der Waals surface area (Å²) in [5.41, 5.74) is 1.40. The normalized spacial score (nSPS) is 11.8. The zero-order valence-corrected chi connectivity index (χ0v) is 18.6. The van der Waals surface area contributed by atoms with E-state index >= 15 is 0 Å². The lowest BCUT2D eigenvalue weighted by molar-refractivity contribution is 0.549. The van der Waals surface area contributed by atoms with Crippen LogP contribution in [0.5, 0.6) is 0 Å². The Balaban J connectivity index is 0.00000576. The van der Waals surface area contributed by atoms with Gasteiger partial charge in [0.25, 0.3) is 0 Å². The standard InChI is InChI=1S/C17H30N4O2S.HI/c1-5-18-17(19-12-8-9-14(2)3)20-13-15-10-6-7-11-16(15)21-24(4,22)23;/h6-7,10-11,14,21H,5,8-9,12-13H2,1-4H3,(H2,18,19,20);1H. The van der Waals surface area contributed by atoms with E-state index in [0.717, 1.165) is 37.3 Å². The monoisotopic (exact) mass is 482 g/mol. The molecule has 8 heteroatoms. The molecule has 0 radical (unpaired) electrons. The Bertz CT molecular complexity index is 633. The second kappa shape index (κ2) is 12.3. The van der Waals surface area contributed by atoms with Crippen LogP contribution < -0.4 is 15.4 Å². The van der Waals surface area contributed by atoms with Crippen LogP contribution in [-0.4, -0.2) is 33.7 Å². The van der Waals surface area contributed by atoms with Crippen molar-refractivity contribution in [2.45, 2.75) is 40.2 Å². The third-order valence-electron chi connectivity index (χ3n) is 3.32. The van der Waals surface area contributed by atoms with Crippen molar-refractivity contribution in [2.75, 3.05) is 24.1 Å². The number of benzene rings is 1. The smallest absolute Gasteiger partial charge is 0.229 e. The van der Waals surface area contributed by atoms with Gasteiger partial charge in [-0.2, -0.15) is 0 Å². The first-order chi connectivity index (χ1) is 11.3. The minimum absolute atomic E-state index is 0. The van der Waals surface area contributed by atoms with Crippen LogP contribution in [0.1, 0.15) is 39.2 Å². The quantitative estimate of drug-likeness (QED) is 0.219. The Morgan fingerprint density at radius 2 is 1.88 bits per heavy atom. The summed E-state index contributed by atoms with van der Waals surface area (Å²) in [5, 5.41) is 6.52. The van der Waals surface area contributed by atoms with Crippen molar-refractivity contribution in [3.63, 3.8) is 0 Å². The average molecular weight is 482 g/mol. The number of anilines is 1. The van der Waals surface area contributed by atoms with Crippen molar-refractivity contribution < 1.29 is 8.42 Å². The zero-order chi connectivity index (χ0) is 18.0. The third kappa shape index (κ3) is 11.2. The second-order valence-electron chi connectivity index (χ2n) is 6.19. The van der Waals surface area contributed by atoms with Crippen molar-refractivity contribution in [3.05, 3.63) is 29.8 Å². The molecule has 1 rings (SSSR count). The molecule has 0 saturated carbocycles. The van der Waals surface area contributed by atoms with Crippen LogP contribution in [0.4, 0.5) is 5.69 Å². The van der Waals surface area contributed by atoms with Gasteiger partial charge in [-0.3, -0.25) is 4.72 Å². The molecule has 0 aliphatic heterocycles. The topological polar surface area (TPSA) is 82.6 Å². The fraction of sp³-hybridized carbons (Fsp3) is 0.588. The molecule has 0 bridgehead atoms. The summed E-state index contributed by atoms with van der Waals surface area (Å²) in [7, 11) is -3.30. The minimum Gasteiger partial charge on any atom is -0.357 e.